The van der Waals surface area contributed by atoms with Crippen LogP contribution in [0, 0.1) is 6.92 Å². The number of aromatic nitrogens is 4. The third-order valence-electron chi connectivity index (χ3n) is 7.24. The van der Waals surface area contributed by atoms with Crippen LogP contribution < -0.4 is 10.2 Å². The summed E-state index contributed by atoms with van der Waals surface area (Å²) in [6.07, 6.45) is 5.67. The zero-order chi connectivity index (χ0) is 24.7. The molecule has 0 radical (unpaired) electrons. The topological polar surface area (TPSA) is 90.3 Å². The van der Waals surface area contributed by atoms with E-state index < -0.39 is 5.60 Å². The molecule has 0 bridgehead atoms. The number of rotatable bonds is 5. The quantitative estimate of drug-likeness (QED) is 0.406. The van der Waals surface area contributed by atoms with Crippen molar-refractivity contribution in [2.75, 3.05) is 43.4 Å². The summed E-state index contributed by atoms with van der Waals surface area (Å²) in [5.41, 5.74) is 3.13. The number of benzene rings is 1. The maximum Gasteiger partial charge on any atom is 0.227 e. The predicted molar refractivity (Wildman–Crippen MR) is 145 cm³/mol. The van der Waals surface area contributed by atoms with E-state index in [-0.39, 0.29) is 0 Å². The summed E-state index contributed by atoms with van der Waals surface area (Å²) < 4.78 is 1.03. The number of pyridine rings is 1. The summed E-state index contributed by atoms with van der Waals surface area (Å²) in [5, 5.41) is 15.3. The van der Waals surface area contributed by atoms with Crippen LogP contribution in [-0.2, 0) is 5.60 Å². The Labute approximate surface area is 215 Å². The molecule has 2 aliphatic rings. The van der Waals surface area contributed by atoms with Crippen molar-refractivity contribution in [3.63, 3.8) is 0 Å². The van der Waals surface area contributed by atoms with Gasteiger partial charge in [-0.2, -0.15) is 4.98 Å². The Balaban J connectivity index is 1.24. The summed E-state index contributed by atoms with van der Waals surface area (Å²) in [5.74, 6) is 2.19. The minimum Gasteiger partial charge on any atom is -0.385 e. The molecule has 6 rings (SSSR count). The van der Waals surface area contributed by atoms with Crippen LogP contribution in [0.3, 0.4) is 0 Å². The molecule has 2 N–H and O–H groups in total. The lowest BCUT2D eigenvalue weighted by molar-refractivity contribution is 0.0445. The van der Waals surface area contributed by atoms with Gasteiger partial charge in [-0.05, 0) is 38.4 Å². The van der Waals surface area contributed by atoms with Crippen LogP contribution in [0.2, 0.25) is 0 Å². The molecule has 1 aliphatic carbocycles. The number of anilines is 3. The highest BCUT2D eigenvalue weighted by Gasteiger charge is 2.33. The first-order chi connectivity index (χ1) is 17.4. The molecule has 3 aromatic heterocycles. The van der Waals surface area contributed by atoms with Gasteiger partial charge >= 0.3 is 0 Å². The Morgan fingerprint density at radius 3 is 2.58 bits per heavy atom. The highest BCUT2D eigenvalue weighted by atomic mass is 32.1. The Bertz CT molecular complexity index is 1390. The van der Waals surface area contributed by atoms with E-state index in [1.807, 2.05) is 37.4 Å². The lowest BCUT2D eigenvalue weighted by atomic mass is 9.91. The van der Waals surface area contributed by atoms with Gasteiger partial charge in [-0.3, -0.25) is 0 Å². The zero-order valence-electron chi connectivity index (χ0n) is 20.7. The molecule has 2 fully saturated rings. The van der Waals surface area contributed by atoms with Crippen LogP contribution in [0.15, 0.2) is 42.6 Å². The Morgan fingerprint density at radius 2 is 1.78 bits per heavy atom. The van der Waals surface area contributed by atoms with Gasteiger partial charge in [0, 0.05) is 55.8 Å². The smallest absolute Gasteiger partial charge is 0.227 e. The molecule has 1 aliphatic heterocycles. The average molecular weight is 502 g/mol. The van der Waals surface area contributed by atoms with Crippen molar-refractivity contribution >= 4 is 39.1 Å². The number of aliphatic hydroxyl groups is 1. The van der Waals surface area contributed by atoms with E-state index in [4.69, 9.17) is 9.97 Å². The van der Waals surface area contributed by atoms with Gasteiger partial charge in [0.1, 0.15) is 16.6 Å². The molecular weight excluding hydrogens is 470 g/mol. The number of fused-ring (bicyclic) bond motifs is 1. The van der Waals surface area contributed by atoms with Crippen molar-refractivity contribution in [2.45, 2.75) is 38.2 Å². The first kappa shape index (κ1) is 23.3. The van der Waals surface area contributed by atoms with Crippen LogP contribution >= 0.6 is 11.3 Å². The molecule has 0 unspecified atom stereocenters. The van der Waals surface area contributed by atoms with E-state index in [2.05, 4.69) is 44.3 Å². The summed E-state index contributed by atoms with van der Waals surface area (Å²) in [6, 6.07) is 12.1. The number of nitrogens with one attached hydrogen (secondary N) is 1. The number of nitrogens with zero attached hydrogens (tertiary/aromatic N) is 6. The second-order valence-electron chi connectivity index (χ2n) is 9.99. The van der Waals surface area contributed by atoms with Gasteiger partial charge in [-0.15, -0.1) is 11.3 Å². The lowest BCUT2D eigenvalue weighted by Gasteiger charge is -2.32. The summed E-state index contributed by atoms with van der Waals surface area (Å²) in [6.45, 7) is 5.85. The van der Waals surface area contributed by atoms with Gasteiger partial charge < -0.3 is 20.2 Å². The maximum absolute atomic E-state index is 11.0. The van der Waals surface area contributed by atoms with Crippen LogP contribution in [0.1, 0.15) is 36.9 Å². The predicted octanol–water partition coefficient (Wildman–Crippen LogP) is 4.71. The zero-order valence-corrected chi connectivity index (χ0v) is 21.6. The van der Waals surface area contributed by atoms with Crippen molar-refractivity contribution in [2.24, 2.45) is 0 Å². The van der Waals surface area contributed by atoms with Crippen LogP contribution in [0.25, 0.3) is 20.8 Å². The van der Waals surface area contributed by atoms with Crippen molar-refractivity contribution in [3.05, 3.63) is 53.9 Å². The van der Waals surface area contributed by atoms with E-state index in [0.717, 1.165) is 95.7 Å². The first-order valence-electron chi connectivity index (χ1n) is 12.6. The van der Waals surface area contributed by atoms with Gasteiger partial charge in [0.15, 0.2) is 0 Å². The molecule has 1 saturated carbocycles. The van der Waals surface area contributed by atoms with E-state index >= 15 is 0 Å². The molecule has 0 spiro atoms. The van der Waals surface area contributed by atoms with E-state index in [1.165, 1.54) is 0 Å². The van der Waals surface area contributed by atoms with Crippen LogP contribution in [0.4, 0.5) is 17.6 Å². The van der Waals surface area contributed by atoms with E-state index in [1.54, 1.807) is 11.3 Å². The number of likely N-dealkylation sites (N-methyl/N-ethyl adjacent to an activating group) is 1. The Hall–Kier alpha value is -3.14. The molecule has 8 nitrogen and oxygen atoms in total. The molecule has 1 saturated heterocycles. The second kappa shape index (κ2) is 9.38. The molecule has 4 aromatic rings. The largest absolute Gasteiger partial charge is 0.385 e. The Morgan fingerprint density at radius 1 is 0.972 bits per heavy atom. The molecule has 0 amide bonds. The minimum absolute atomic E-state index is 0.704. The number of hydrogen-bond donors (Lipinski definition) is 2. The normalized spacial score (nSPS) is 18.1. The fraction of sp³-hybridized carbons (Fsp3) is 0.407. The van der Waals surface area contributed by atoms with Crippen molar-refractivity contribution in [1.82, 2.24) is 24.8 Å². The first-order valence-corrected chi connectivity index (χ1v) is 13.4. The minimum atomic E-state index is -0.704. The molecular formula is C27H31N7OS. The summed E-state index contributed by atoms with van der Waals surface area (Å²) in [7, 11) is 2.14. The Kier molecular flexibility index (Phi) is 6.07. The maximum atomic E-state index is 11.0. The fourth-order valence-electron chi connectivity index (χ4n) is 5.11. The highest BCUT2D eigenvalue weighted by Crippen LogP contribution is 2.40. The van der Waals surface area contributed by atoms with E-state index in [9.17, 15) is 5.11 Å². The summed E-state index contributed by atoms with van der Waals surface area (Å²) >= 11 is 1.62. The van der Waals surface area contributed by atoms with Crippen molar-refractivity contribution in [3.8, 4) is 10.6 Å². The SMILES string of the molecule is Cc1cc(Nc2cc3nc(-c4cccc(C5(O)CCCC5)c4)sc3cn2)nc(N2CCN(C)CC2)n1. The van der Waals surface area contributed by atoms with Gasteiger partial charge in [-0.25, -0.2) is 15.0 Å². The lowest BCUT2D eigenvalue weighted by Crippen LogP contribution is -2.45. The van der Waals surface area contributed by atoms with Crippen molar-refractivity contribution in [1.29, 1.82) is 0 Å². The van der Waals surface area contributed by atoms with Gasteiger partial charge in [0.05, 0.1) is 15.8 Å². The molecule has 1 aromatic carbocycles. The van der Waals surface area contributed by atoms with Gasteiger partial charge in [-0.1, -0.05) is 31.0 Å². The van der Waals surface area contributed by atoms with Gasteiger partial charge in [0.25, 0.3) is 0 Å². The average Bonchev–Trinajstić information content (AvgIpc) is 3.51. The second-order valence-corrected chi connectivity index (χ2v) is 11.0. The van der Waals surface area contributed by atoms with Crippen LogP contribution in [-0.4, -0.2) is 63.2 Å². The molecule has 36 heavy (non-hydrogen) atoms. The monoisotopic (exact) mass is 501 g/mol. The number of hydrogen-bond acceptors (Lipinski definition) is 9. The molecule has 186 valence electrons. The third-order valence-corrected chi connectivity index (χ3v) is 8.29. The standard InChI is InChI=1S/C27H31N7OS/c1-18-14-24(32-26(29-18)34-12-10-33(2)11-13-34)31-23-16-21-22(17-28-23)36-25(30-21)19-6-5-7-20(15-19)27(35)8-3-4-9-27/h5-7,14-17,35H,3-4,8-13H2,1-2H3,(H,28,29,31,32). The fourth-order valence-corrected chi connectivity index (χ4v) is 6.02. The van der Waals surface area contributed by atoms with E-state index in [0.29, 0.717) is 5.82 Å². The third kappa shape index (κ3) is 4.66. The summed E-state index contributed by atoms with van der Waals surface area (Å²) in [4.78, 5) is 23.5. The molecule has 0 atom stereocenters. The molecule has 4 heterocycles. The molecule has 9 heteroatoms. The van der Waals surface area contributed by atoms with Crippen molar-refractivity contribution < 1.29 is 5.11 Å². The number of aryl methyl sites for hydroxylation is 1. The van der Waals surface area contributed by atoms with Gasteiger partial charge in [0.2, 0.25) is 5.95 Å². The highest BCUT2D eigenvalue weighted by molar-refractivity contribution is 7.21. The number of thiazole rings is 1. The number of piperazine rings is 1. The van der Waals surface area contributed by atoms with Crippen LogP contribution in [0.5, 0.6) is 0 Å².